The van der Waals surface area contributed by atoms with E-state index in [0.29, 0.717) is 103 Å². The third-order valence-corrected chi connectivity index (χ3v) is 11.6. The molecule has 0 unspecified atom stereocenters. The predicted molar refractivity (Wildman–Crippen MR) is 147 cm³/mol. The van der Waals surface area contributed by atoms with Crippen LogP contribution in [-0.2, 0) is 20.0 Å². The highest BCUT2D eigenvalue weighted by molar-refractivity contribution is 8.06. The maximum absolute atomic E-state index is 13.6. The van der Waals surface area contributed by atoms with Gasteiger partial charge in [0.2, 0.25) is 20.0 Å². The smallest absolute Gasteiger partial charge is 0.211 e. The van der Waals surface area contributed by atoms with E-state index >= 15 is 0 Å². The second-order valence-corrected chi connectivity index (χ2v) is 14.1. The Bertz CT molecular complexity index is 890. The number of unbranched alkanes of at least 4 members (excludes halogenated alkanes) is 12. The van der Waals surface area contributed by atoms with Crippen LogP contribution in [0.3, 0.4) is 0 Å². The maximum atomic E-state index is 13.6. The van der Waals surface area contributed by atoms with Gasteiger partial charge in [-0.1, -0.05) is 25.7 Å². The summed E-state index contributed by atoms with van der Waals surface area (Å²) in [7, 11) is -8.36. The molecule has 0 rings (SSSR count). The van der Waals surface area contributed by atoms with Crippen LogP contribution in [0.4, 0.5) is 0 Å². The van der Waals surface area contributed by atoms with Gasteiger partial charge in [-0.3, -0.25) is 0 Å². The number of hydrogen-bond acceptors (Lipinski definition) is 8. The van der Waals surface area contributed by atoms with Gasteiger partial charge in [0, 0.05) is 51.9 Å². The molecular formula is C26H44N6O4S2. The van der Waals surface area contributed by atoms with Gasteiger partial charge in [0.25, 0.3) is 0 Å². The molecule has 0 bridgehead atoms. The third-order valence-electron chi connectivity index (χ3n) is 6.34. The lowest BCUT2D eigenvalue weighted by atomic mass is 10.2. The quantitative estimate of drug-likeness (QED) is 0.147. The fraction of sp³-hybridized carbons (Fsp3) is 0.846. The van der Waals surface area contributed by atoms with Gasteiger partial charge >= 0.3 is 0 Å². The Morgan fingerprint density at radius 2 is 0.711 bits per heavy atom. The van der Waals surface area contributed by atoms with Gasteiger partial charge in [-0.25, -0.2) is 25.4 Å². The summed E-state index contributed by atoms with van der Waals surface area (Å²) in [5, 5.41) is 34.9. The van der Waals surface area contributed by atoms with Crippen molar-refractivity contribution in [3.05, 3.63) is 0 Å². The molecule has 12 heteroatoms. The number of sulfonamides is 2. The highest BCUT2D eigenvalue weighted by atomic mass is 32.3. The maximum Gasteiger partial charge on any atom is 0.232 e. The fourth-order valence-corrected chi connectivity index (χ4v) is 8.32. The zero-order valence-electron chi connectivity index (χ0n) is 22.9. The van der Waals surface area contributed by atoms with Crippen molar-refractivity contribution < 1.29 is 16.8 Å². The van der Waals surface area contributed by atoms with Crippen molar-refractivity contribution in [3.63, 3.8) is 0 Å². The van der Waals surface area contributed by atoms with Crippen molar-refractivity contribution in [1.29, 1.82) is 21.0 Å². The standard InChI is InChI=1S/C26H44N6O4S2/c1-26(37(33,34)31(22-14-6-2-10-18-27)23-15-7-3-11-19-28)38(35,36)32(24-16-8-4-12-20-29)25-17-9-5-13-21-30/h26H,2-17,22-25H2,1H3. The molecule has 0 heterocycles. The molecule has 0 fully saturated rings. The van der Waals surface area contributed by atoms with Crippen LogP contribution in [0.5, 0.6) is 0 Å². The van der Waals surface area contributed by atoms with Crippen molar-refractivity contribution >= 4 is 20.0 Å². The van der Waals surface area contributed by atoms with Crippen LogP contribution in [0, 0.1) is 45.3 Å². The van der Waals surface area contributed by atoms with Crippen molar-refractivity contribution in [2.45, 2.75) is 114 Å². The van der Waals surface area contributed by atoms with E-state index in [9.17, 15) is 16.8 Å². The van der Waals surface area contributed by atoms with Gasteiger partial charge in [0.15, 0.2) is 4.58 Å². The molecule has 0 aromatic rings. The van der Waals surface area contributed by atoms with Crippen molar-refractivity contribution in [2.75, 3.05) is 26.2 Å². The summed E-state index contributed by atoms with van der Waals surface area (Å²) < 4.78 is 55.3. The fourth-order valence-electron chi connectivity index (χ4n) is 3.98. The molecule has 0 spiro atoms. The Morgan fingerprint density at radius 3 is 0.921 bits per heavy atom. The third kappa shape index (κ3) is 14.6. The summed E-state index contributed by atoms with van der Waals surface area (Å²) in [5.41, 5.74) is 0. The summed E-state index contributed by atoms with van der Waals surface area (Å²) in [6.45, 7) is 1.99. The topological polar surface area (TPSA) is 170 Å². The molecule has 0 aliphatic heterocycles. The Kier molecular flexibility index (Phi) is 20.4. The van der Waals surface area contributed by atoms with E-state index in [1.165, 1.54) is 15.5 Å². The minimum Gasteiger partial charge on any atom is -0.211 e. The van der Waals surface area contributed by atoms with Gasteiger partial charge in [-0.05, 0) is 58.3 Å². The number of nitriles is 4. The molecule has 0 saturated carbocycles. The van der Waals surface area contributed by atoms with E-state index < -0.39 is 24.6 Å². The highest BCUT2D eigenvalue weighted by Gasteiger charge is 2.40. The first kappa shape index (κ1) is 35.8. The van der Waals surface area contributed by atoms with E-state index in [1.54, 1.807) is 0 Å². The molecule has 0 atom stereocenters. The van der Waals surface area contributed by atoms with Crippen molar-refractivity contribution in [2.24, 2.45) is 0 Å². The molecule has 0 aliphatic rings. The summed E-state index contributed by atoms with van der Waals surface area (Å²) in [4.78, 5) is 0. The second-order valence-electron chi connectivity index (χ2n) is 9.33. The van der Waals surface area contributed by atoms with Gasteiger partial charge in [-0.2, -0.15) is 21.0 Å². The van der Waals surface area contributed by atoms with Gasteiger partial charge < -0.3 is 0 Å². The molecular weight excluding hydrogens is 524 g/mol. The molecule has 0 amide bonds. The molecule has 0 saturated heterocycles. The Balaban J connectivity index is 5.60. The van der Waals surface area contributed by atoms with Crippen LogP contribution < -0.4 is 0 Å². The Hall–Kier alpha value is -2.22. The van der Waals surface area contributed by atoms with Crippen LogP contribution >= 0.6 is 0 Å². The second kappa shape index (κ2) is 21.7. The minimum atomic E-state index is -4.18. The SMILES string of the molecule is CC(S(=O)(=O)N(CCCCCC#N)CCCCCC#N)S(=O)(=O)N(CCCCCC#N)CCCCCC#N. The van der Waals surface area contributed by atoms with E-state index in [0.717, 1.165) is 0 Å². The Morgan fingerprint density at radius 1 is 0.474 bits per heavy atom. The van der Waals surface area contributed by atoms with E-state index in [1.807, 2.05) is 0 Å². The molecule has 0 aromatic heterocycles. The van der Waals surface area contributed by atoms with Crippen LogP contribution in [0.2, 0.25) is 0 Å². The summed E-state index contributed by atoms with van der Waals surface area (Å²) in [5.74, 6) is 0. The van der Waals surface area contributed by atoms with Crippen LogP contribution in [0.15, 0.2) is 0 Å². The Labute approximate surface area is 230 Å². The predicted octanol–water partition coefficient (Wildman–Crippen LogP) is 4.93. The van der Waals surface area contributed by atoms with Gasteiger partial charge in [-0.15, -0.1) is 0 Å². The van der Waals surface area contributed by atoms with E-state index in [-0.39, 0.29) is 26.2 Å². The largest absolute Gasteiger partial charge is 0.232 e. The van der Waals surface area contributed by atoms with Crippen LogP contribution in [0.1, 0.15) is 110 Å². The van der Waals surface area contributed by atoms with Crippen molar-refractivity contribution in [1.82, 2.24) is 8.61 Å². The first-order valence-corrected chi connectivity index (χ1v) is 16.7. The number of hydrogen-bond donors (Lipinski definition) is 0. The lowest BCUT2D eigenvalue weighted by Gasteiger charge is -2.30. The first-order valence-electron chi connectivity index (χ1n) is 13.7. The van der Waals surface area contributed by atoms with Crippen molar-refractivity contribution in [3.8, 4) is 24.3 Å². The number of rotatable bonds is 24. The molecule has 10 nitrogen and oxygen atoms in total. The molecule has 0 aliphatic carbocycles. The summed E-state index contributed by atoms with van der Waals surface area (Å²) in [6, 6.07) is 8.29. The molecule has 38 heavy (non-hydrogen) atoms. The monoisotopic (exact) mass is 568 g/mol. The molecule has 0 radical (unpaired) electrons. The average molecular weight is 569 g/mol. The number of nitrogens with zero attached hydrogens (tertiary/aromatic N) is 6. The zero-order valence-corrected chi connectivity index (χ0v) is 24.5. The minimum absolute atomic E-state index is 0.189. The van der Waals surface area contributed by atoms with Crippen LogP contribution in [-0.4, -0.2) is 56.2 Å². The molecule has 214 valence electrons. The highest BCUT2D eigenvalue weighted by Crippen LogP contribution is 2.22. The molecule has 0 N–H and O–H groups in total. The average Bonchev–Trinajstić information content (AvgIpc) is 2.89. The lowest BCUT2D eigenvalue weighted by molar-refractivity contribution is 0.374. The van der Waals surface area contributed by atoms with Gasteiger partial charge in [0.05, 0.1) is 24.3 Å². The zero-order chi connectivity index (χ0) is 28.7. The van der Waals surface area contributed by atoms with E-state index in [2.05, 4.69) is 24.3 Å². The lowest BCUT2D eigenvalue weighted by Crippen LogP contribution is -2.48. The summed E-state index contributed by atoms with van der Waals surface area (Å²) >= 11 is 0. The normalized spacial score (nSPS) is 11.8. The van der Waals surface area contributed by atoms with E-state index in [4.69, 9.17) is 21.0 Å². The van der Waals surface area contributed by atoms with Gasteiger partial charge in [0.1, 0.15) is 0 Å². The van der Waals surface area contributed by atoms with Crippen LogP contribution in [0.25, 0.3) is 0 Å². The first-order chi connectivity index (χ1) is 18.2. The molecule has 0 aromatic carbocycles. The summed E-state index contributed by atoms with van der Waals surface area (Å²) in [6.07, 6.45) is 9.04.